The second-order valence-electron chi connectivity index (χ2n) is 6.93. The lowest BCUT2D eigenvalue weighted by atomic mass is 9.99. The van der Waals surface area contributed by atoms with E-state index in [0.717, 1.165) is 52.0 Å². The van der Waals surface area contributed by atoms with Gasteiger partial charge < -0.3 is 24.4 Å². The van der Waals surface area contributed by atoms with E-state index in [9.17, 15) is 4.79 Å². The Morgan fingerprint density at radius 3 is 2.58 bits per heavy atom. The Labute approximate surface area is 155 Å². The van der Waals surface area contributed by atoms with E-state index in [0.29, 0.717) is 29.7 Å². The van der Waals surface area contributed by atoms with Crippen LogP contribution in [0.1, 0.15) is 43.0 Å². The molecule has 1 aromatic carbocycles. The summed E-state index contributed by atoms with van der Waals surface area (Å²) in [5, 5.41) is 3.17. The monoisotopic (exact) mass is 362 g/mol. The molecule has 0 bridgehead atoms. The lowest BCUT2D eigenvalue weighted by molar-refractivity contribution is 0.0238. The predicted molar refractivity (Wildman–Crippen MR) is 100 cm³/mol. The highest BCUT2D eigenvalue weighted by Gasteiger charge is 2.27. The molecule has 0 aromatic heterocycles. The van der Waals surface area contributed by atoms with Crippen molar-refractivity contribution >= 4 is 5.91 Å². The molecule has 2 heterocycles. The standard InChI is InChI=1S/C20H30N2O4/c1-3-26-18-5-4-15(14-19(18)24-2)20(23)21-16-6-10-22(11-7-16)17-8-12-25-13-9-17/h4-5,14,16-17H,3,6-13H2,1-2H3,(H,21,23). The van der Waals surface area contributed by atoms with Crippen molar-refractivity contribution in [3.05, 3.63) is 23.8 Å². The Kier molecular flexibility index (Phi) is 6.74. The number of nitrogens with one attached hydrogen (secondary N) is 1. The number of likely N-dealkylation sites (tertiary alicyclic amines) is 1. The first-order valence-corrected chi connectivity index (χ1v) is 9.64. The van der Waals surface area contributed by atoms with Gasteiger partial charge in [-0.05, 0) is 50.8 Å². The first-order valence-electron chi connectivity index (χ1n) is 9.64. The number of piperidine rings is 1. The zero-order valence-electron chi connectivity index (χ0n) is 15.8. The number of ether oxygens (including phenoxy) is 3. The Morgan fingerprint density at radius 2 is 1.92 bits per heavy atom. The fraction of sp³-hybridized carbons (Fsp3) is 0.650. The summed E-state index contributed by atoms with van der Waals surface area (Å²) in [6, 6.07) is 6.22. The smallest absolute Gasteiger partial charge is 0.251 e. The fourth-order valence-corrected chi connectivity index (χ4v) is 3.81. The Bertz CT molecular complexity index is 593. The molecule has 3 rings (SSSR count). The third-order valence-electron chi connectivity index (χ3n) is 5.30. The van der Waals surface area contributed by atoms with E-state index in [2.05, 4.69) is 10.2 Å². The molecule has 0 radical (unpaired) electrons. The van der Waals surface area contributed by atoms with Gasteiger partial charge in [0.2, 0.25) is 0 Å². The van der Waals surface area contributed by atoms with Crippen LogP contribution in [-0.4, -0.2) is 62.9 Å². The number of hydrogen-bond donors (Lipinski definition) is 1. The highest BCUT2D eigenvalue weighted by molar-refractivity contribution is 5.95. The second-order valence-corrected chi connectivity index (χ2v) is 6.93. The van der Waals surface area contributed by atoms with Gasteiger partial charge in [0.1, 0.15) is 0 Å². The quantitative estimate of drug-likeness (QED) is 0.842. The molecule has 0 atom stereocenters. The number of carbonyl (C=O) groups is 1. The number of methoxy groups -OCH3 is 1. The van der Waals surface area contributed by atoms with Crippen LogP contribution in [0.15, 0.2) is 18.2 Å². The van der Waals surface area contributed by atoms with Crippen molar-refractivity contribution in [2.75, 3.05) is 40.0 Å². The van der Waals surface area contributed by atoms with Gasteiger partial charge in [-0.3, -0.25) is 4.79 Å². The van der Waals surface area contributed by atoms with Gasteiger partial charge in [-0.25, -0.2) is 0 Å². The first-order chi connectivity index (χ1) is 12.7. The molecule has 2 fully saturated rings. The third kappa shape index (κ3) is 4.68. The van der Waals surface area contributed by atoms with Gasteiger partial charge in [-0.15, -0.1) is 0 Å². The van der Waals surface area contributed by atoms with Crippen LogP contribution in [0, 0.1) is 0 Å². The minimum Gasteiger partial charge on any atom is -0.493 e. The third-order valence-corrected chi connectivity index (χ3v) is 5.30. The molecule has 1 aromatic rings. The van der Waals surface area contributed by atoms with E-state index in [4.69, 9.17) is 14.2 Å². The maximum atomic E-state index is 12.6. The maximum Gasteiger partial charge on any atom is 0.251 e. The van der Waals surface area contributed by atoms with E-state index in [1.165, 1.54) is 0 Å². The average Bonchev–Trinajstić information content (AvgIpc) is 2.69. The summed E-state index contributed by atoms with van der Waals surface area (Å²) in [4.78, 5) is 15.2. The van der Waals surface area contributed by atoms with Crippen molar-refractivity contribution in [1.82, 2.24) is 10.2 Å². The van der Waals surface area contributed by atoms with Crippen LogP contribution in [-0.2, 0) is 4.74 Å². The van der Waals surface area contributed by atoms with E-state index in [1.54, 1.807) is 25.3 Å². The molecule has 6 nitrogen and oxygen atoms in total. The van der Waals surface area contributed by atoms with Crippen molar-refractivity contribution in [2.45, 2.75) is 44.7 Å². The summed E-state index contributed by atoms with van der Waals surface area (Å²) in [5.41, 5.74) is 0.608. The highest BCUT2D eigenvalue weighted by atomic mass is 16.5. The minimum absolute atomic E-state index is 0.0455. The number of amides is 1. The van der Waals surface area contributed by atoms with Gasteiger partial charge >= 0.3 is 0 Å². The van der Waals surface area contributed by atoms with E-state index >= 15 is 0 Å². The summed E-state index contributed by atoms with van der Waals surface area (Å²) in [7, 11) is 1.59. The largest absolute Gasteiger partial charge is 0.493 e. The minimum atomic E-state index is -0.0455. The molecule has 0 saturated carbocycles. The van der Waals surface area contributed by atoms with E-state index in [1.807, 2.05) is 6.92 Å². The Morgan fingerprint density at radius 1 is 1.19 bits per heavy atom. The number of benzene rings is 1. The van der Waals surface area contributed by atoms with Crippen LogP contribution in [0.4, 0.5) is 0 Å². The second kappa shape index (κ2) is 9.24. The van der Waals surface area contributed by atoms with Gasteiger partial charge in [0, 0.05) is 44.0 Å². The van der Waals surface area contributed by atoms with Crippen LogP contribution >= 0.6 is 0 Å². The van der Waals surface area contributed by atoms with Crippen molar-refractivity contribution in [3.8, 4) is 11.5 Å². The molecule has 0 unspecified atom stereocenters. The van der Waals surface area contributed by atoms with Crippen molar-refractivity contribution in [1.29, 1.82) is 0 Å². The molecule has 144 valence electrons. The Hall–Kier alpha value is -1.79. The molecular weight excluding hydrogens is 332 g/mol. The predicted octanol–water partition coefficient (Wildman–Crippen LogP) is 2.47. The summed E-state index contributed by atoms with van der Waals surface area (Å²) in [6.07, 6.45) is 4.25. The van der Waals surface area contributed by atoms with Crippen molar-refractivity contribution in [3.63, 3.8) is 0 Å². The van der Waals surface area contributed by atoms with Crippen LogP contribution < -0.4 is 14.8 Å². The lowest BCUT2D eigenvalue weighted by Gasteiger charge is -2.39. The van der Waals surface area contributed by atoms with Crippen LogP contribution in [0.25, 0.3) is 0 Å². The highest BCUT2D eigenvalue weighted by Crippen LogP contribution is 2.28. The van der Waals surface area contributed by atoms with E-state index in [-0.39, 0.29) is 11.9 Å². The van der Waals surface area contributed by atoms with Gasteiger partial charge in [0.25, 0.3) is 5.91 Å². The Balaban J connectivity index is 1.52. The molecule has 6 heteroatoms. The summed E-state index contributed by atoms with van der Waals surface area (Å²) >= 11 is 0. The molecule has 2 aliphatic heterocycles. The normalized spacial score (nSPS) is 19.9. The molecule has 2 aliphatic rings. The van der Waals surface area contributed by atoms with E-state index < -0.39 is 0 Å². The SMILES string of the molecule is CCOc1ccc(C(=O)NC2CCN(C3CCOCC3)CC2)cc1OC. The van der Waals surface area contributed by atoms with Crippen LogP contribution in [0.2, 0.25) is 0 Å². The molecule has 2 saturated heterocycles. The lowest BCUT2D eigenvalue weighted by Crippen LogP contribution is -2.49. The molecule has 0 aliphatic carbocycles. The van der Waals surface area contributed by atoms with Gasteiger partial charge in [0.05, 0.1) is 13.7 Å². The molecule has 0 spiro atoms. The zero-order valence-corrected chi connectivity index (χ0v) is 15.8. The summed E-state index contributed by atoms with van der Waals surface area (Å²) in [5.74, 6) is 1.21. The number of nitrogens with zero attached hydrogens (tertiary/aromatic N) is 1. The van der Waals surface area contributed by atoms with Crippen LogP contribution in [0.3, 0.4) is 0 Å². The van der Waals surface area contributed by atoms with Gasteiger partial charge in [-0.1, -0.05) is 0 Å². The number of rotatable bonds is 6. The summed E-state index contributed by atoms with van der Waals surface area (Å²) < 4.78 is 16.3. The van der Waals surface area contributed by atoms with Gasteiger partial charge in [-0.2, -0.15) is 0 Å². The van der Waals surface area contributed by atoms with Crippen LogP contribution in [0.5, 0.6) is 11.5 Å². The van der Waals surface area contributed by atoms with Crippen molar-refractivity contribution in [2.24, 2.45) is 0 Å². The molecule has 26 heavy (non-hydrogen) atoms. The molecule has 1 amide bonds. The zero-order chi connectivity index (χ0) is 18.4. The number of hydrogen-bond acceptors (Lipinski definition) is 5. The maximum absolute atomic E-state index is 12.6. The molecule has 1 N–H and O–H groups in total. The molecular formula is C20H30N2O4. The fourth-order valence-electron chi connectivity index (χ4n) is 3.81. The summed E-state index contributed by atoms with van der Waals surface area (Å²) in [6.45, 7) is 6.33. The van der Waals surface area contributed by atoms with Gasteiger partial charge in [0.15, 0.2) is 11.5 Å². The first kappa shape index (κ1) is 19.0. The topological polar surface area (TPSA) is 60.0 Å². The number of carbonyl (C=O) groups excluding carboxylic acids is 1. The van der Waals surface area contributed by atoms with Crippen molar-refractivity contribution < 1.29 is 19.0 Å². The average molecular weight is 362 g/mol.